The fourth-order valence-corrected chi connectivity index (χ4v) is 1.89. The van der Waals surface area contributed by atoms with Crippen LogP contribution < -0.4 is 0 Å². The highest BCUT2D eigenvalue weighted by molar-refractivity contribution is 5.70. The molecule has 2 unspecified atom stereocenters. The number of nitrogens with zero attached hydrogens (tertiary/aromatic N) is 2. The predicted octanol–water partition coefficient (Wildman–Crippen LogP) is 1.85. The molecular weight excluding hydrogens is 228 g/mol. The van der Waals surface area contributed by atoms with Crippen molar-refractivity contribution in [2.24, 2.45) is 5.92 Å². The van der Waals surface area contributed by atoms with E-state index in [4.69, 9.17) is 4.74 Å². The van der Waals surface area contributed by atoms with E-state index in [9.17, 15) is 4.79 Å². The Morgan fingerprint density at radius 1 is 1.22 bits per heavy atom. The van der Waals surface area contributed by atoms with Crippen LogP contribution in [0.2, 0.25) is 0 Å². The van der Waals surface area contributed by atoms with E-state index in [1.807, 2.05) is 28.2 Å². The zero-order valence-corrected chi connectivity index (χ0v) is 12.9. The van der Waals surface area contributed by atoms with Crippen LogP contribution in [0.25, 0.3) is 0 Å². The van der Waals surface area contributed by atoms with Gasteiger partial charge in [0.2, 0.25) is 0 Å². The van der Waals surface area contributed by atoms with Gasteiger partial charge in [-0.2, -0.15) is 0 Å². The van der Waals surface area contributed by atoms with Gasteiger partial charge < -0.3 is 14.5 Å². The molecule has 0 aromatic carbocycles. The molecule has 0 fully saturated rings. The molecule has 0 bridgehead atoms. The predicted molar refractivity (Wildman–Crippen MR) is 75.7 cm³/mol. The molecule has 2 atom stereocenters. The van der Waals surface area contributed by atoms with Crippen LogP contribution in [0, 0.1) is 5.92 Å². The summed E-state index contributed by atoms with van der Waals surface area (Å²) in [6.45, 7) is 5.69. The lowest BCUT2D eigenvalue weighted by Gasteiger charge is -2.26. The molecule has 0 saturated carbocycles. The van der Waals surface area contributed by atoms with Crippen molar-refractivity contribution in [3.63, 3.8) is 0 Å². The molecule has 0 radical (unpaired) electrons. The lowest BCUT2D eigenvalue weighted by molar-refractivity contribution is -0.146. The molecular formula is C14H30N2O2. The van der Waals surface area contributed by atoms with Crippen LogP contribution in [0.1, 0.15) is 33.1 Å². The number of carbonyl (C=O) groups excluding carboxylic acids is 1. The largest absolute Gasteiger partial charge is 0.465 e. The fraction of sp³-hybridized carbons (Fsp3) is 0.929. The molecule has 0 aliphatic heterocycles. The van der Waals surface area contributed by atoms with E-state index in [1.54, 1.807) is 0 Å². The van der Waals surface area contributed by atoms with E-state index in [2.05, 4.69) is 23.6 Å². The average molecular weight is 258 g/mol. The van der Waals surface area contributed by atoms with Gasteiger partial charge in [-0.1, -0.05) is 20.3 Å². The maximum Gasteiger partial charge on any atom is 0.307 e. The summed E-state index contributed by atoms with van der Waals surface area (Å²) in [5.74, 6) is 0.379. The van der Waals surface area contributed by atoms with E-state index in [1.165, 1.54) is 0 Å². The smallest absolute Gasteiger partial charge is 0.307 e. The average Bonchev–Trinajstić information content (AvgIpc) is 2.25. The van der Waals surface area contributed by atoms with Crippen LogP contribution in [0.15, 0.2) is 0 Å². The van der Waals surface area contributed by atoms with E-state index in [0.717, 1.165) is 19.4 Å². The number of rotatable bonds is 9. The Hall–Kier alpha value is -0.610. The molecule has 0 aliphatic rings. The summed E-state index contributed by atoms with van der Waals surface area (Å²) in [6.07, 6.45) is 2.71. The first kappa shape index (κ1) is 17.4. The molecule has 4 nitrogen and oxygen atoms in total. The van der Waals surface area contributed by atoms with Gasteiger partial charge >= 0.3 is 5.97 Å². The fourth-order valence-electron chi connectivity index (χ4n) is 1.89. The van der Waals surface area contributed by atoms with Gasteiger partial charge in [-0.05, 0) is 40.5 Å². The van der Waals surface area contributed by atoms with E-state index < -0.39 is 0 Å². The minimum atomic E-state index is -0.0847. The van der Waals surface area contributed by atoms with Crippen LogP contribution in [-0.4, -0.2) is 63.2 Å². The van der Waals surface area contributed by atoms with Crippen molar-refractivity contribution in [3.05, 3.63) is 0 Å². The highest BCUT2D eigenvalue weighted by Gasteiger charge is 2.18. The summed E-state index contributed by atoms with van der Waals surface area (Å²) in [4.78, 5) is 16.0. The normalized spacial score (nSPS) is 14.9. The van der Waals surface area contributed by atoms with Crippen LogP contribution in [-0.2, 0) is 9.53 Å². The first-order valence-electron chi connectivity index (χ1n) is 6.83. The Kier molecular flexibility index (Phi) is 9.02. The third kappa shape index (κ3) is 8.48. The SMILES string of the molecule is CCCC(C)COC(=O)CC(CN(C)C)N(C)C. The molecule has 0 aromatic rings. The highest BCUT2D eigenvalue weighted by atomic mass is 16.5. The summed E-state index contributed by atoms with van der Waals surface area (Å²) >= 11 is 0. The molecule has 0 spiro atoms. The molecule has 0 N–H and O–H groups in total. The second-order valence-corrected chi connectivity index (χ2v) is 5.66. The third-order valence-electron chi connectivity index (χ3n) is 3.02. The second kappa shape index (κ2) is 9.34. The van der Waals surface area contributed by atoms with Crippen molar-refractivity contribution < 1.29 is 9.53 Å². The Labute approximate surface area is 112 Å². The topological polar surface area (TPSA) is 32.8 Å². The van der Waals surface area contributed by atoms with Gasteiger partial charge in [0.25, 0.3) is 0 Å². The minimum Gasteiger partial charge on any atom is -0.465 e. The zero-order valence-electron chi connectivity index (χ0n) is 12.9. The molecule has 18 heavy (non-hydrogen) atoms. The number of likely N-dealkylation sites (N-methyl/N-ethyl adjacent to an activating group) is 2. The lowest BCUT2D eigenvalue weighted by Crippen LogP contribution is -2.39. The van der Waals surface area contributed by atoms with Gasteiger partial charge in [-0.15, -0.1) is 0 Å². The molecule has 0 amide bonds. The summed E-state index contributed by atoms with van der Waals surface area (Å²) < 4.78 is 5.33. The van der Waals surface area contributed by atoms with E-state index in [-0.39, 0.29) is 12.0 Å². The van der Waals surface area contributed by atoms with Gasteiger partial charge in [-0.25, -0.2) is 0 Å². The number of hydrogen-bond donors (Lipinski definition) is 0. The summed E-state index contributed by atoms with van der Waals surface area (Å²) in [7, 11) is 8.04. The summed E-state index contributed by atoms with van der Waals surface area (Å²) in [5.41, 5.74) is 0. The quantitative estimate of drug-likeness (QED) is 0.591. The second-order valence-electron chi connectivity index (χ2n) is 5.66. The Balaban J connectivity index is 4.02. The molecule has 0 aliphatic carbocycles. The van der Waals surface area contributed by atoms with Crippen LogP contribution in [0.3, 0.4) is 0 Å². The maximum absolute atomic E-state index is 11.8. The molecule has 0 aromatic heterocycles. The molecule has 108 valence electrons. The summed E-state index contributed by atoms with van der Waals surface area (Å²) in [5, 5.41) is 0. The van der Waals surface area contributed by atoms with Gasteiger partial charge in [0, 0.05) is 12.6 Å². The number of esters is 1. The van der Waals surface area contributed by atoms with E-state index in [0.29, 0.717) is 18.9 Å². The Morgan fingerprint density at radius 3 is 2.28 bits per heavy atom. The maximum atomic E-state index is 11.8. The Morgan fingerprint density at radius 2 is 1.83 bits per heavy atom. The van der Waals surface area contributed by atoms with Crippen LogP contribution in [0.4, 0.5) is 0 Å². The zero-order chi connectivity index (χ0) is 14.1. The van der Waals surface area contributed by atoms with Crippen molar-refractivity contribution in [2.45, 2.75) is 39.2 Å². The van der Waals surface area contributed by atoms with Crippen molar-refractivity contribution in [2.75, 3.05) is 41.3 Å². The minimum absolute atomic E-state index is 0.0847. The van der Waals surface area contributed by atoms with Crippen LogP contribution in [0.5, 0.6) is 0 Å². The lowest BCUT2D eigenvalue weighted by atomic mass is 10.1. The van der Waals surface area contributed by atoms with Gasteiger partial charge in [0.15, 0.2) is 0 Å². The van der Waals surface area contributed by atoms with Gasteiger partial charge in [0.05, 0.1) is 13.0 Å². The van der Waals surface area contributed by atoms with Crippen molar-refractivity contribution >= 4 is 5.97 Å². The third-order valence-corrected chi connectivity index (χ3v) is 3.02. The van der Waals surface area contributed by atoms with E-state index >= 15 is 0 Å². The molecule has 0 saturated heterocycles. The number of carbonyl (C=O) groups is 1. The Bertz CT molecular complexity index is 230. The first-order chi connectivity index (χ1) is 8.36. The number of hydrogen-bond acceptors (Lipinski definition) is 4. The molecule has 0 rings (SSSR count). The first-order valence-corrected chi connectivity index (χ1v) is 6.83. The van der Waals surface area contributed by atoms with Crippen molar-refractivity contribution in [1.29, 1.82) is 0 Å². The standard InChI is InChI=1S/C14H30N2O2/c1-7-8-12(2)11-18-14(17)9-13(16(5)6)10-15(3)4/h12-13H,7-11H2,1-6H3. The van der Waals surface area contributed by atoms with Gasteiger partial charge in [0.1, 0.15) is 0 Å². The van der Waals surface area contributed by atoms with Crippen molar-refractivity contribution in [1.82, 2.24) is 9.80 Å². The van der Waals surface area contributed by atoms with Crippen LogP contribution >= 0.6 is 0 Å². The van der Waals surface area contributed by atoms with Crippen molar-refractivity contribution in [3.8, 4) is 0 Å². The number of ether oxygens (including phenoxy) is 1. The highest BCUT2D eigenvalue weighted by Crippen LogP contribution is 2.08. The molecule has 0 heterocycles. The van der Waals surface area contributed by atoms with Gasteiger partial charge in [-0.3, -0.25) is 4.79 Å². The monoisotopic (exact) mass is 258 g/mol. The summed E-state index contributed by atoms with van der Waals surface area (Å²) in [6, 6.07) is 0.217. The molecule has 4 heteroatoms.